The molecule has 0 radical (unpaired) electrons. The zero-order chi connectivity index (χ0) is 16.7. The van der Waals surface area contributed by atoms with Crippen molar-refractivity contribution in [2.24, 2.45) is 19.5 Å². The first-order valence-electron chi connectivity index (χ1n) is 7.90. The Bertz CT molecular complexity index is 735. The fourth-order valence-corrected chi connectivity index (χ4v) is 3.39. The molecule has 4 nitrogen and oxygen atoms in total. The van der Waals surface area contributed by atoms with Crippen molar-refractivity contribution in [2.75, 3.05) is 0 Å². The van der Waals surface area contributed by atoms with Crippen LogP contribution in [-0.4, -0.2) is 14.7 Å². The van der Waals surface area contributed by atoms with Gasteiger partial charge >= 0.3 is 5.69 Å². The summed E-state index contributed by atoms with van der Waals surface area (Å²) in [6, 6.07) is 6.24. The molecule has 0 aliphatic carbocycles. The number of fused-ring (bicyclic) bond motifs is 1. The number of aromatic nitrogens is 2. The van der Waals surface area contributed by atoms with E-state index in [0.29, 0.717) is 5.41 Å². The van der Waals surface area contributed by atoms with E-state index in [1.807, 2.05) is 20.2 Å². The van der Waals surface area contributed by atoms with Gasteiger partial charge in [0, 0.05) is 26.2 Å². The maximum atomic E-state index is 12.0. The Balaban J connectivity index is 0.00000264. The third-order valence-corrected chi connectivity index (χ3v) is 4.08. The Labute approximate surface area is 145 Å². The van der Waals surface area contributed by atoms with E-state index in [1.54, 1.807) is 9.13 Å². The number of aryl methyl sites for hydroxylation is 2. The van der Waals surface area contributed by atoms with Gasteiger partial charge in [-0.1, -0.05) is 26.8 Å². The lowest BCUT2D eigenvalue weighted by atomic mass is 9.82. The molecule has 2 rings (SSSR count). The average molecular weight is 340 g/mol. The van der Waals surface area contributed by atoms with E-state index in [2.05, 4.69) is 52.1 Å². The summed E-state index contributed by atoms with van der Waals surface area (Å²) in [4.78, 5) is 12.0. The zero-order valence-corrected chi connectivity index (χ0v) is 16.2. The Morgan fingerprint density at radius 2 is 1.57 bits per heavy atom. The number of nitrogens with one attached hydrogen (secondary N) is 1. The largest absolute Gasteiger partial charge is 0.328 e. The molecule has 5 heteroatoms. The molecule has 0 saturated heterocycles. The molecule has 0 aliphatic rings. The number of hydrogen-bond donors (Lipinski definition) is 1. The topological polar surface area (TPSA) is 39.0 Å². The smallest absolute Gasteiger partial charge is 0.308 e. The molecule has 23 heavy (non-hydrogen) atoms. The molecule has 1 heterocycles. The van der Waals surface area contributed by atoms with E-state index >= 15 is 0 Å². The van der Waals surface area contributed by atoms with Crippen LogP contribution >= 0.6 is 12.4 Å². The minimum atomic E-state index is 0. The molecule has 0 unspecified atom stereocenters. The van der Waals surface area contributed by atoms with Gasteiger partial charge in [-0.05, 0) is 43.4 Å². The van der Waals surface area contributed by atoms with Crippen LogP contribution in [0.15, 0.2) is 23.0 Å². The summed E-state index contributed by atoms with van der Waals surface area (Å²) < 4.78 is 3.40. The Hall–Kier alpha value is -1.26. The third-order valence-electron chi connectivity index (χ3n) is 4.08. The molecule has 0 bridgehead atoms. The highest BCUT2D eigenvalue weighted by molar-refractivity contribution is 5.85. The second kappa shape index (κ2) is 6.70. The van der Waals surface area contributed by atoms with Gasteiger partial charge in [-0.2, -0.15) is 0 Å². The van der Waals surface area contributed by atoms with E-state index in [1.165, 1.54) is 5.56 Å². The van der Waals surface area contributed by atoms with Gasteiger partial charge in [-0.3, -0.25) is 9.13 Å². The Morgan fingerprint density at radius 3 is 2.13 bits per heavy atom. The van der Waals surface area contributed by atoms with Crippen molar-refractivity contribution in [1.29, 1.82) is 0 Å². The predicted molar refractivity (Wildman–Crippen MR) is 100 cm³/mol. The van der Waals surface area contributed by atoms with Crippen molar-refractivity contribution >= 4 is 23.4 Å². The van der Waals surface area contributed by atoms with Crippen LogP contribution in [-0.2, 0) is 20.6 Å². The van der Waals surface area contributed by atoms with Gasteiger partial charge in [-0.25, -0.2) is 4.79 Å². The predicted octanol–water partition coefficient (Wildman–Crippen LogP) is 3.60. The molecule has 0 atom stereocenters. The van der Waals surface area contributed by atoms with Crippen molar-refractivity contribution in [1.82, 2.24) is 14.5 Å². The van der Waals surface area contributed by atoms with Gasteiger partial charge in [0.05, 0.1) is 11.0 Å². The normalized spacial score (nSPS) is 12.5. The maximum Gasteiger partial charge on any atom is 0.328 e. The van der Waals surface area contributed by atoms with Crippen LogP contribution in [0.2, 0.25) is 0 Å². The highest BCUT2D eigenvalue weighted by Crippen LogP contribution is 2.27. The van der Waals surface area contributed by atoms with Crippen LogP contribution in [0.4, 0.5) is 0 Å². The molecule has 1 N–H and O–H groups in total. The molecule has 0 amide bonds. The van der Waals surface area contributed by atoms with Gasteiger partial charge in [0.1, 0.15) is 0 Å². The molecule has 0 fully saturated rings. The van der Waals surface area contributed by atoms with Crippen LogP contribution in [0.1, 0.15) is 46.6 Å². The molecule has 2 aromatic rings. The number of halogens is 1. The van der Waals surface area contributed by atoms with Crippen molar-refractivity contribution in [3.63, 3.8) is 0 Å². The summed E-state index contributed by atoms with van der Waals surface area (Å²) >= 11 is 0. The van der Waals surface area contributed by atoms with E-state index in [-0.39, 0.29) is 23.6 Å². The van der Waals surface area contributed by atoms with Crippen LogP contribution < -0.4 is 11.0 Å². The Kier molecular flexibility index (Phi) is 5.76. The molecular formula is C18H30ClN3O. The van der Waals surface area contributed by atoms with Crippen LogP contribution in [0.25, 0.3) is 11.0 Å². The number of imidazole rings is 1. The van der Waals surface area contributed by atoms with Crippen molar-refractivity contribution < 1.29 is 0 Å². The second-order valence-electron chi connectivity index (χ2n) is 8.20. The highest BCUT2D eigenvalue weighted by atomic mass is 35.5. The summed E-state index contributed by atoms with van der Waals surface area (Å²) in [6.45, 7) is 12.1. The summed E-state index contributed by atoms with van der Waals surface area (Å²) in [5.41, 5.74) is 3.56. The molecule has 0 spiro atoms. The second-order valence-corrected chi connectivity index (χ2v) is 8.20. The minimum Gasteiger partial charge on any atom is -0.308 e. The monoisotopic (exact) mass is 339 g/mol. The van der Waals surface area contributed by atoms with Crippen molar-refractivity contribution in [2.45, 2.75) is 53.1 Å². The summed E-state index contributed by atoms with van der Waals surface area (Å²) in [7, 11) is 3.64. The first kappa shape index (κ1) is 19.8. The van der Waals surface area contributed by atoms with Gasteiger partial charge in [-0.15, -0.1) is 12.4 Å². The fraction of sp³-hybridized carbons (Fsp3) is 0.611. The van der Waals surface area contributed by atoms with Gasteiger partial charge in [0.15, 0.2) is 0 Å². The quantitative estimate of drug-likeness (QED) is 0.924. The van der Waals surface area contributed by atoms with Crippen molar-refractivity contribution in [3.8, 4) is 0 Å². The summed E-state index contributed by atoms with van der Waals surface area (Å²) in [6.07, 6.45) is 1.10. The maximum absolute atomic E-state index is 12.0. The fourth-order valence-electron chi connectivity index (χ4n) is 3.39. The van der Waals surface area contributed by atoms with Gasteiger partial charge in [0.2, 0.25) is 0 Å². The van der Waals surface area contributed by atoms with Gasteiger partial charge < -0.3 is 5.32 Å². The van der Waals surface area contributed by atoms with E-state index in [0.717, 1.165) is 24.0 Å². The van der Waals surface area contributed by atoms with Crippen LogP contribution in [0, 0.1) is 5.41 Å². The lowest BCUT2D eigenvalue weighted by Crippen LogP contribution is -2.41. The average Bonchev–Trinajstić information content (AvgIpc) is 2.59. The minimum absolute atomic E-state index is 0. The lowest BCUT2D eigenvalue weighted by Gasteiger charge is -2.33. The number of rotatable bonds is 4. The lowest BCUT2D eigenvalue weighted by molar-refractivity contribution is 0.241. The molecular weight excluding hydrogens is 310 g/mol. The first-order chi connectivity index (χ1) is 10.0. The molecule has 1 aromatic heterocycles. The van der Waals surface area contributed by atoms with E-state index in [9.17, 15) is 4.79 Å². The number of nitrogens with zero attached hydrogens (tertiary/aromatic N) is 2. The molecule has 1 aromatic carbocycles. The third kappa shape index (κ3) is 4.61. The SMILES string of the molecule is Cl.Cn1c(=O)n(C)c2cc(CNC(C)(C)CC(C)(C)C)ccc21. The van der Waals surface area contributed by atoms with E-state index in [4.69, 9.17) is 0 Å². The summed E-state index contributed by atoms with van der Waals surface area (Å²) in [5, 5.41) is 3.64. The molecule has 0 aliphatic heterocycles. The first-order valence-corrected chi connectivity index (χ1v) is 7.90. The Morgan fingerprint density at radius 1 is 1.00 bits per heavy atom. The van der Waals surface area contributed by atoms with E-state index < -0.39 is 0 Å². The van der Waals surface area contributed by atoms with Crippen LogP contribution in [0.3, 0.4) is 0 Å². The highest BCUT2D eigenvalue weighted by Gasteiger charge is 2.24. The zero-order valence-electron chi connectivity index (χ0n) is 15.4. The van der Waals surface area contributed by atoms with Crippen molar-refractivity contribution in [3.05, 3.63) is 34.2 Å². The summed E-state index contributed by atoms with van der Waals surface area (Å²) in [5.74, 6) is 0. The number of benzene rings is 1. The van der Waals surface area contributed by atoms with Gasteiger partial charge in [0.25, 0.3) is 0 Å². The molecule has 0 saturated carbocycles. The standard InChI is InChI=1S/C18H29N3O.ClH/c1-17(2,3)12-18(4,5)19-11-13-8-9-14-15(10-13)21(7)16(22)20(14)6;/h8-10,19H,11-12H2,1-7H3;1H. The van der Waals surface area contributed by atoms with Crippen LogP contribution in [0.5, 0.6) is 0 Å². The number of hydrogen-bond acceptors (Lipinski definition) is 2. The molecule has 130 valence electrons.